The topological polar surface area (TPSA) is 67.2 Å². The lowest BCUT2D eigenvalue weighted by Crippen LogP contribution is -2.14. The van der Waals surface area contributed by atoms with E-state index in [1.54, 1.807) is 18.2 Å². The van der Waals surface area contributed by atoms with Crippen molar-refractivity contribution in [2.24, 2.45) is 0 Å². The van der Waals surface area contributed by atoms with Crippen LogP contribution in [-0.4, -0.2) is 18.0 Å². The fraction of sp³-hybridized carbons (Fsp3) is 0.0500. The molecule has 0 atom stereocenters. The first-order valence-corrected chi connectivity index (χ1v) is 7.50. The summed E-state index contributed by atoms with van der Waals surface area (Å²) < 4.78 is 5.36. The first kappa shape index (κ1) is 15.6. The normalized spacial score (nSPS) is 10.3. The average Bonchev–Trinajstić information content (AvgIpc) is 2.62. The van der Waals surface area contributed by atoms with E-state index in [0.29, 0.717) is 6.21 Å². The Balaban J connectivity index is 1.84. The van der Waals surface area contributed by atoms with Gasteiger partial charge in [-0.05, 0) is 28.5 Å². The van der Waals surface area contributed by atoms with Gasteiger partial charge in [-0.2, -0.15) is 0 Å². The van der Waals surface area contributed by atoms with E-state index in [9.17, 15) is 9.59 Å². The van der Waals surface area contributed by atoms with Gasteiger partial charge in [0.2, 0.25) is 5.78 Å². The number of ketones is 1. The molecule has 24 heavy (non-hydrogen) atoms. The Morgan fingerprint density at radius 3 is 2.46 bits per heavy atom. The Hall–Kier alpha value is -3.27. The summed E-state index contributed by atoms with van der Waals surface area (Å²) in [6.07, 6.45) is 0.811. The van der Waals surface area contributed by atoms with Crippen molar-refractivity contribution in [3.63, 3.8) is 0 Å². The number of esters is 1. The third kappa shape index (κ3) is 3.22. The highest BCUT2D eigenvalue weighted by molar-refractivity contribution is 6.35. The van der Waals surface area contributed by atoms with E-state index in [2.05, 4.69) is 0 Å². The number of carbonyl (C=O) groups is 2. The Morgan fingerprint density at radius 1 is 0.917 bits per heavy atom. The Bertz CT molecular complexity index is 926. The van der Waals surface area contributed by atoms with Gasteiger partial charge in [0.15, 0.2) is 0 Å². The molecule has 0 fully saturated rings. The molecule has 0 saturated heterocycles. The van der Waals surface area contributed by atoms with Gasteiger partial charge in [-0.15, -0.1) is 0 Å². The van der Waals surface area contributed by atoms with Crippen molar-refractivity contribution in [1.82, 2.24) is 0 Å². The fourth-order valence-corrected chi connectivity index (χ4v) is 2.60. The summed E-state index contributed by atoms with van der Waals surface area (Å²) in [5.41, 5.74) is 1.08. The van der Waals surface area contributed by atoms with Gasteiger partial charge in [0.25, 0.3) is 0 Å². The molecule has 0 aliphatic carbocycles. The standard InChI is InChI=1S/C20H15NO3/c21-13-18(22)17-10-3-4-11-19(17)24-20(23)12-15-8-5-7-14-6-1-2-9-16(14)15/h1-11,13,21H,12H2. The smallest absolute Gasteiger partial charge is 0.315 e. The quantitative estimate of drug-likeness (QED) is 0.337. The molecule has 0 unspecified atom stereocenters. The molecule has 0 heterocycles. The van der Waals surface area contributed by atoms with Gasteiger partial charge >= 0.3 is 5.97 Å². The molecule has 0 spiro atoms. The van der Waals surface area contributed by atoms with Crippen LogP contribution >= 0.6 is 0 Å². The summed E-state index contributed by atoms with van der Waals surface area (Å²) in [5.74, 6) is -0.767. The zero-order chi connectivity index (χ0) is 16.9. The first-order valence-electron chi connectivity index (χ1n) is 7.50. The summed E-state index contributed by atoms with van der Waals surface area (Å²) in [6.45, 7) is 0. The van der Waals surface area contributed by atoms with Crippen molar-refractivity contribution in [3.8, 4) is 5.75 Å². The van der Waals surface area contributed by atoms with E-state index in [4.69, 9.17) is 10.1 Å². The molecule has 0 radical (unpaired) electrons. The van der Waals surface area contributed by atoms with Crippen LogP contribution in [0.5, 0.6) is 5.75 Å². The van der Waals surface area contributed by atoms with Gasteiger partial charge in [0.1, 0.15) is 5.75 Å². The zero-order valence-electron chi connectivity index (χ0n) is 12.9. The van der Waals surface area contributed by atoms with E-state index < -0.39 is 11.8 Å². The van der Waals surface area contributed by atoms with Gasteiger partial charge in [0.05, 0.1) is 18.2 Å². The molecule has 3 aromatic carbocycles. The van der Waals surface area contributed by atoms with Crippen molar-refractivity contribution < 1.29 is 14.3 Å². The molecule has 4 nitrogen and oxygen atoms in total. The average molecular weight is 317 g/mol. The minimum Gasteiger partial charge on any atom is -0.425 e. The zero-order valence-corrected chi connectivity index (χ0v) is 12.9. The number of carbonyl (C=O) groups excluding carboxylic acids is 2. The van der Waals surface area contributed by atoms with Crippen molar-refractivity contribution in [2.45, 2.75) is 6.42 Å². The van der Waals surface area contributed by atoms with Crippen LogP contribution in [0.1, 0.15) is 15.9 Å². The number of hydrogen-bond donors (Lipinski definition) is 1. The van der Waals surface area contributed by atoms with Crippen LogP contribution < -0.4 is 4.74 Å². The van der Waals surface area contributed by atoms with E-state index in [-0.39, 0.29) is 17.7 Å². The molecule has 1 N–H and O–H groups in total. The van der Waals surface area contributed by atoms with Crippen LogP contribution in [-0.2, 0) is 11.2 Å². The maximum absolute atomic E-state index is 12.3. The highest BCUT2D eigenvalue weighted by Gasteiger charge is 2.14. The number of ether oxygens (including phenoxy) is 1. The molecule has 0 aliphatic rings. The van der Waals surface area contributed by atoms with Gasteiger partial charge in [-0.25, -0.2) is 0 Å². The fourth-order valence-electron chi connectivity index (χ4n) is 2.60. The number of rotatable bonds is 5. The molecule has 0 aliphatic heterocycles. The van der Waals surface area contributed by atoms with Crippen LogP contribution in [0.3, 0.4) is 0 Å². The maximum atomic E-state index is 12.3. The van der Waals surface area contributed by atoms with Gasteiger partial charge < -0.3 is 10.1 Å². The molecular formula is C20H15NO3. The Labute approximate surface area is 139 Å². The minimum absolute atomic E-state index is 0.106. The SMILES string of the molecule is N=CC(=O)c1ccccc1OC(=O)Cc1cccc2ccccc12. The van der Waals surface area contributed by atoms with Gasteiger partial charge in [-0.3, -0.25) is 9.59 Å². The molecule has 3 rings (SSSR count). The van der Waals surface area contributed by atoms with Crippen molar-refractivity contribution in [1.29, 1.82) is 5.41 Å². The third-order valence-corrected chi connectivity index (χ3v) is 3.72. The van der Waals surface area contributed by atoms with E-state index in [0.717, 1.165) is 16.3 Å². The second-order valence-corrected chi connectivity index (χ2v) is 5.29. The van der Waals surface area contributed by atoms with Crippen LogP contribution in [0.2, 0.25) is 0 Å². The number of benzene rings is 3. The highest BCUT2D eigenvalue weighted by Crippen LogP contribution is 2.21. The van der Waals surface area contributed by atoms with Gasteiger partial charge in [-0.1, -0.05) is 54.6 Å². The number of fused-ring (bicyclic) bond motifs is 1. The number of Topliss-reactive ketones (excluding diaryl/α,β-unsaturated/α-hetero) is 1. The second kappa shape index (κ2) is 6.87. The summed E-state index contributed by atoms with van der Waals surface area (Å²) >= 11 is 0. The van der Waals surface area contributed by atoms with E-state index in [1.807, 2.05) is 42.5 Å². The Morgan fingerprint density at radius 2 is 1.62 bits per heavy atom. The lowest BCUT2D eigenvalue weighted by atomic mass is 10.0. The van der Waals surface area contributed by atoms with Crippen LogP contribution in [0.25, 0.3) is 10.8 Å². The highest BCUT2D eigenvalue weighted by atomic mass is 16.5. The maximum Gasteiger partial charge on any atom is 0.315 e. The molecule has 4 heteroatoms. The molecule has 0 aromatic heterocycles. The predicted molar refractivity (Wildman–Crippen MR) is 92.8 cm³/mol. The first-order chi connectivity index (χ1) is 11.7. The van der Waals surface area contributed by atoms with Gasteiger partial charge in [0, 0.05) is 0 Å². The van der Waals surface area contributed by atoms with Crippen LogP contribution in [0.4, 0.5) is 0 Å². The second-order valence-electron chi connectivity index (χ2n) is 5.29. The Kier molecular flexibility index (Phi) is 4.47. The molecule has 118 valence electrons. The number of nitrogens with one attached hydrogen (secondary N) is 1. The summed E-state index contributed by atoms with van der Waals surface area (Å²) in [7, 11) is 0. The lowest BCUT2D eigenvalue weighted by Gasteiger charge is -2.09. The summed E-state index contributed by atoms with van der Waals surface area (Å²) in [4.78, 5) is 24.0. The minimum atomic E-state index is -0.497. The predicted octanol–water partition coefficient (Wildman–Crippen LogP) is 3.82. The molecule has 0 bridgehead atoms. The van der Waals surface area contributed by atoms with E-state index in [1.165, 1.54) is 6.07 Å². The molecule has 0 amide bonds. The summed E-state index contributed by atoms with van der Waals surface area (Å²) in [6, 6.07) is 20.0. The van der Waals surface area contributed by atoms with Crippen LogP contribution in [0, 0.1) is 5.41 Å². The van der Waals surface area contributed by atoms with Crippen LogP contribution in [0.15, 0.2) is 66.7 Å². The number of hydrogen-bond acceptors (Lipinski definition) is 4. The lowest BCUT2D eigenvalue weighted by molar-refractivity contribution is -0.133. The van der Waals surface area contributed by atoms with E-state index >= 15 is 0 Å². The molecule has 3 aromatic rings. The van der Waals surface area contributed by atoms with Crippen molar-refractivity contribution in [3.05, 3.63) is 77.9 Å². The summed E-state index contributed by atoms with van der Waals surface area (Å²) in [5, 5.41) is 9.14. The molecule has 0 saturated carbocycles. The third-order valence-electron chi connectivity index (χ3n) is 3.72. The largest absolute Gasteiger partial charge is 0.425 e. The van der Waals surface area contributed by atoms with Crippen molar-refractivity contribution >= 4 is 28.7 Å². The number of para-hydroxylation sites is 1. The van der Waals surface area contributed by atoms with Crippen molar-refractivity contribution in [2.75, 3.05) is 0 Å². The monoisotopic (exact) mass is 317 g/mol. The molecular weight excluding hydrogens is 302 g/mol.